The SMILES string of the molecule is CC1(C)SSCCCC(=O)N[C@@H](CCCCN)C(=O)NCC(=O)N[C@@H](CC(=O)O)C(=O)N[C@@H](Cc2c[nH]c3ccccc23)C(=O)N2CCC[C@H]2C(=O)N[C@@H]1C(N)=O. The summed E-state index contributed by atoms with van der Waals surface area (Å²) >= 11 is 0. The van der Waals surface area contributed by atoms with Crippen LogP contribution in [0.1, 0.15) is 70.8 Å². The van der Waals surface area contributed by atoms with Crippen molar-refractivity contribution in [2.45, 2.75) is 107 Å². The molecule has 57 heavy (non-hydrogen) atoms. The number of carbonyl (C=O) groups excluding carboxylic acids is 7. The highest BCUT2D eigenvalue weighted by molar-refractivity contribution is 8.77. The molecular weight excluding hydrogens is 779 g/mol. The summed E-state index contributed by atoms with van der Waals surface area (Å²) < 4.78 is -0.919. The lowest BCUT2D eigenvalue weighted by molar-refractivity contribution is -0.143. The first-order valence-electron chi connectivity index (χ1n) is 19.0. The van der Waals surface area contributed by atoms with E-state index in [1.54, 1.807) is 20.0 Å². The molecule has 2 aliphatic rings. The highest BCUT2D eigenvalue weighted by Gasteiger charge is 2.42. The summed E-state index contributed by atoms with van der Waals surface area (Å²) in [5, 5.41) is 23.4. The molecule has 0 aliphatic carbocycles. The number of carbonyl (C=O) groups is 8. The summed E-state index contributed by atoms with van der Waals surface area (Å²) in [6.45, 7) is 3.39. The number of nitrogens with zero attached hydrogens (tertiary/aromatic N) is 1. The first kappa shape index (κ1) is 44.9. The Balaban J connectivity index is 1.67. The maximum absolute atomic E-state index is 14.4. The summed E-state index contributed by atoms with van der Waals surface area (Å²) in [6.07, 6.45) is 3.30. The maximum atomic E-state index is 14.4. The van der Waals surface area contributed by atoms with Crippen molar-refractivity contribution >= 4 is 79.8 Å². The van der Waals surface area contributed by atoms with Crippen molar-refractivity contribution in [2.24, 2.45) is 11.5 Å². The van der Waals surface area contributed by atoms with Crippen LogP contribution in [0.25, 0.3) is 10.9 Å². The van der Waals surface area contributed by atoms with Gasteiger partial charge < -0.3 is 53.0 Å². The predicted molar refractivity (Wildman–Crippen MR) is 215 cm³/mol. The zero-order valence-corrected chi connectivity index (χ0v) is 33.7. The molecule has 11 N–H and O–H groups in total. The van der Waals surface area contributed by atoms with Gasteiger partial charge in [0.05, 0.1) is 13.0 Å². The Morgan fingerprint density at radius 2 is 1.65 bits per heavy atom. The van der Waals surface area contributed by atoms with Crippen molar-refractivity contribution in [1.29, 1.82) is 0 Å². The molecule has 7 amide bonds. The van der Waals surface area contributed by atoms with Crippen LogP contribution >= 0.6 is 21.6 Å². The molecule has 1 aromatic heterocycles. The maximum Gasteiger partial charge on any atom is 0.305 e. The van der Waals surface area contributed by atoms with E-state index in [1.165, 1.54) is 26.5 Å². The Hall–Kier alpha value is -4.82. The number of para-hydroxylation sites is 1. The van der Waals surface area contributed by atoms with Crippen LogP contribution in [-0.4, -0.2) is 123 Å². The van der Waals surface area contributed by atoms with Gasteiger partial charge in [-0.3, -0.25) is 38.4 Å². The van der Waals surface area contributed by atoms with Crippen molar-refractivity contribution in [1.82, 2.24) is 36.5 Å². The molecule has 18 nitrogen and oxygen atoms in total. The third kappa shape index (κ3) is 12.8. The van der Waals surface area contributed by atoms with Gasteiger partial charge in [0.25, 0.3) is 0 Å². The average Bonchev–Trinajstić information content (AvgIpc) is 3.82. The lowest BCUT2D eigenvalue weighted by atomic mass is 10.0. The molecule has 0 saturated carbocycles. The number of rotatable bonds is 9. The zero-order chi connectivity index (χ0) is 41.7. The molecule has 0 spiro atoms. The molecule has 0 unspecified atom stereocenters. The molecule has 3 heterocycles. The molecule has 2 saturated heterocycles. The Morgan fingerprint density at radius 1 is 0.912 bits per heavy atom. The predicted octanol–water partition coefficient (Wildman–Crippen LogP) is -0.200. The minimum absolute atomic E-state index is 0.0642. The van der Waals surface area contributed by atoms with Crippen LogP contribution in [0.5, 0.6) is 0 Å². The second-order valence-corrected chi connectivity index (χ2v) is 17.7. The van der Waals surface area contributed by atoms with E-state index >= 15 is 0 Å². The van der Waals surface area contributed by atoms with Crippen LogP contribution in [0.4, 0.5) is 0 Å². The van der Waals surface area contributed by atoms with Gasteiger partial charge in [0, 0.05) is 47.0 Å². The van der Waals surface area contributed by atoms with Gasteiger partial charge in [-0.05, 0) is 70.5 Å². The number of benzene rings is 1. The first-order valence-corrected chi connectivity index (χ1v) is 21.3. The van der Waals surface area contributed by atoms with Crippen LogP contribution in [0.3, 0.4) is 0 Å². The van der Waals surface area contributed by atoms with E-state index in [4.69, 9.17) is 11.5 Å². The normalized spacial score (nSPS) is 25.0. The lowest BCUT2D eigenvalue weighted by Gasteiger charge is -2.34. The smallest absolute Gasteiger partial charge is 0.305 e. The standard InChI is InChI=1S/C37H53N9O9S2/c1-37(2)31(32(39)51)45-35(54)27-12-7-15-46(27)36(55)26(17-21-19-40-23-10-4-3-9-22(21)23)44-34(53)25(18-30(49)50)43-29(48)20-41-33(52)24(11-5-6-14-38)42-28(47)13-8-16-56-57-37/h3-4,9-10,19,24-27,31,40H,5-8,11-18,20,38H2,1-2H3,(H2,39,51)(H,41,52)(H,42,47)(H,43,48)(H,44,53)(H,45,54)(H,49,50)/t24-,25-,26-,27-,31+/m0/s1. The number of hydrogen-bond donors (Lipinski definition) is 9. The van der Waals surface area contributed by atoms with E-state index in [9.17, 15) is 43.5 Å². The van der Waals surface area contributed by atoms with E-state index in [1.807, 2.05) is 24.3 Å². The van der Waals surface area contributed by atoms with Crippen LogP contribution in [0.15, 0.2) is 30.5 Å². The number of unbranched alkanes of at least 4 members (excludes halogenated alkanes) is 1. The molecule has 0 bridgehead atoms. The topological polar surface area (TPSA) is 288 Å². The van der Waals surface area contributed by atoms with Crippen molar-refractivity contribution in [3.63, 3.8) is 0 Å². The van der Waals surface area contributed by atoms with Gasteiger partial charge in [-0.2, -0.15) is 0 Å². The molecule has 1 aromatic carbocycles. The van der Waals surface area contributed by atoms with Crippen LogP contribution in [0, 0.1) is 0 Å². The number of aromatic nitrogens is 1. The van der Waals surface area contributed by atoms with Crippen molar-refractivity contribution < 1.29 is 43.5 Å². The third-order valence-electron chi connectivity index (χ3n) is 9.78. The molecule has 2 fully saturated rings. The molecule has 0 radical (unpaired) electrons. The largest absolute Gasteiger partial charge is 0.481 e. The minimum atomic E-state index is -1.66. The Bertz CT molecular complexity index is 1810. The molecule has 2 aromatic rings. The quantitative estimate of drug-likeness (QED) is 0.117. The van der Waals surface area contributed by atoms with Gasteiger partial charge in [0.2, 0.25) is 41.4 Å². The van der Waals surface area contributed by atoms with E-state index < -0.39 is 95.2 Å². The van der Waals surface area contributed by atoms with Crippen LogP contribution in [-0.2, 0) is 44.8 Å². The monoisotopic (exact) mass is 831 g/mol. The van der Waals surface area contributed by atoms with E-state index in [2.05, 4.69) is 31.6 Å². The summed E-state index contributed by atoms with van der Waals surface area (Å²) in [6, 6.07) is 1.15. The van der Waals surface area contributed by atoms with Gasteiger partial charge in [-0.1, -0.05) is 39.8 Å². The van der Waals surface area contributed by atoms with E-state index in [0.717, 1.165) is 10.9 Å². The average molecular weight is 832 g/mol. The summed E-state index contributed by atoms with van der Waals surface area (Å²) in [4.78, 5) is 110. The van der Waals surface area contributed by atoms with Crippen molar-refractivity contribution in [3.05, 3.63) is 36.0 Å². The number of carboxylic acid groups (broad SMARTS) is 1. The number of nitrogens with two attached hydrogens (primary N) is 2. The number of hydrogen-bond acceptors (Lipinski definition) is 11. The van der Waals surface area contributed by atoms with Crippen molar-refractivity contribution in [3.8, 4) is 0 Å². The van der Waals surface area contributed by atoms with Crippen molar-refractivity contribution in [2.75, 3.05) is 25.4 Å². The van der Waals surface area contributed by atoms with Gasteiger partial charge >= 0.3 is 5.97 Å². The number of nitrogens with one attached hydrogen (secondary N) is 6. The summed E-state index contributed by atoms with van der Waals surface area (Å²) in [5.41, 5.74) is 12.8. The summed E-state index contributed by atoms with van der Waals surface area (Å²) in [5.74, 6) is -5.88. The Morgan fingerprint density at radius 3 is 2.37 bits per heavy atom. The number of aromatic amines is 1. The molecule has 312 valence electrons. The number of amides is 7. The van der Waals surface area contributed by atoms with Crippen LogP contribution < -0.4 is 38.1 Å². The fourth-order valence-electron chi connectivity index (χ4n) is 6.80. The fourth-order valence-corrected chi connectivity index (χ4v) is 9.53. The Kier molecular flexibility index (Phi) is 16.6. The molecule has 20 heteroatoms. The van der Waals surface area contributed by atoms with E-state index in [0.29, 0.717) is 43.5 Å². The molecular formula is C37H53N9O9S2. The second-order valence-electron chi connectivity index (χ2n) is 14.6. The molecule has 5 atom stereocenters. The number of aliphatic carboxylic acids is 1. The number of primary amides is 1. The molecule has 2 aliphatic heterocycles. The van der Waals surface area contributed by atoms with Gasteiger partial charge in [0.15, 0.2) is 0 Å². The first-order chi connectivity index (χ1) is 27.1. The van der Waals surface area contributed by atoms with Gasteiger partial charge in [-0.25, -0.2) is 0 Å². The minimum Gasteiger partial charge on any atom is -0.481 e. The highest BCUT2D eigenvalue weighted by Crippen LogP contribution is 2.39. The van der Waals surface area contributed by atoms with Crippen LogP contribution in [0.2, 0.25) is 0 Å². The molecule has 4 rings (SSSR count). The summed E-state index contributed by atoms with van der Waals surface area (Å²) in [7, 11) is 2.69. The third-order valence-corrected chi connectivity index (χ3v) is 13.2. The van der Waals surface area contributed by atoms with E-state index in [-0.39, 0.29) is 32.2 Å². The zero-order valence-electron chi connectivity index (χ0n) is 32.1. The number of fused-ring (bicyclic) bond motifs is 2. The van der Waals surface area contributed by atoms with Gasteiger partial charge in [-0.15, -0.1) is 0 Å². The fraction of sp³-hybridized carbons (Fsp3) is 0.568. The van der Waals surface area contributed by atoms with Gasteiger partial charge in [0.1, 0.15) is 30.2 Å². The number of carboxylic acids is 1. The highest BCUT2D eigenvalue weighted by atomic mass is 33.1. The Labute approximate surface area is 338 Å². The lowest BCUT2D eigenvalue weighted by Crippen LogP contribution is -2.61. The second kappa shape index (κ2) is 21.1. The number of H-pyrrole nitrogens is 1.